The van der Waals surface area contributed by atoms with Crippen LogP contribution < -0.4 is 5.32 Å². The van der Waals surface area contributed by atoms with E-state index in [1.165, 1.54) is 6.39 Å². The zero-order chi connectivity index (χ0) is 14.7. The minimum absolute atomic E-state index is 0.0109. The van der Waals surface area contributed by atoms with Crippen molar-refractivity contribution in [3.05, 3.63) is 18.4 Å². The molecule has 1 saturated carbocycles. The Labute approximate surface area is 124 Å². The van der Waals surface area contributed by atoms with Crippen molar-refractivity contribution in [2.24, 2.45) is 5.92 Å². The molecular weight excluding hydrogens is 272 g/mol. The highest BCUT2D eigenvalue weighted by Gasteiger charge is 2.54. The minimum Gasteiger partial charge on any atom is -0.447 e. The zero-order valence-electron chi connectivity index (χ0n) is 12.3. The van der Waals surface area contributed by atoms with Crippen molar-refractivity contribution in [1.29, 1.82) is 0 Å². The molecule has 2 aliphatic rings. The summed E-state index contributed by atoms with van der Waals surface area (Å²) < 4.78 is 16.1. The number of hydrogen-bond acceptors (Lipinski definition) is 5. The summed E-state index contributed by atoms with van der Waals surface area (Å²) in [6.07, 6.45) is 6.74. The van der Waals surface area contributed by atoms with E-state index in [-0.39, 0.29) is 11.9 Å². The van der Waals surface area contributed by atoms with Gasteiger partial charge in [-0.2, -0.15) is 0 Å². The Kier molecular flexibility index (Phi) is 4.26. The number of methoxy groups -OCH3 is 1. The van der Waals surface area contributed by atoms with E-state index in [4.69, 9.17) is 13.9 Å². The molecule has 0 spiro atoms. The fourth-order valence-corrected chi connectivity index (χ4v) is 3.03. The maximum atomic E-state index is 12.7. The summed E-state index contributed by atoms with van der Waals surface area (Å²) in [7, 11) is 1.66. The monoisotopic (exact) mass is 294 g/mol. The Morgan fingerprint density at radius 1 is 1.62 bits per heavy atom. The molecule has 0 bridgehead atoms. The van der Waals surface area contributed by atoms with Crippen LogP contribution in [0.5, 0.6) is 0 Å². The lowest BCUT2D eigenvalue weighted by Crippen LogP contribution is -2.49. The molecule has 2 atom stereocenters. The Morgan fingerprint density at radius 3 is 3.05 bits per heavy atom. The Morgan fingerprint density at radius 2 is 2.48 bits per heavy atom. The van der Waals surface area contributed by atoms with Gasteiger partial charge in [-0.3, -0.25) is 4.79 Å². The highest BCUT2D eigenvalue weighted by atomic mass is 16.5. The molecule has 1 amide bonds. The normalized spacial score (nSPS) is 25.3. The van der Waals surface area contributed by atoms with Crippen molar-refractivity contribution in [2.45, 2.75) is 37.1 Å². The molecule has 1 aromatic rings. The largest absolute Gasteiger partial charge is 0.447 e. The molecule has 2 heterocycles. The second-order valence-electron chi connectivity index (χ2n) is 5.96. The summed E-state index contributed by atoms with van der Waals surface area (Å²) >= 11 is 0. The predicted octanol–water partition coefficient (Wildman–Crippen LogP) is 1.26. The average molecular weight is 294 g/mol. The van der Waals surface area contributed by atoms with Crippen LogP contribution >= 0.6 is 0 Å². The number of nitrogens with zero attached hydrogens (tertiary/aromatic N) is 1. The van der Waals surface area contributed by atoms with Crippen LogP contribution in [0.3, 0.4) is 0 Å². The van der Waals surface area contributed by atoms with Crippen LogP contribution in [-0.2, 0) is 19.7 Å². The van der Waals surface area contributed by atoms with Gasteiger partial charge in [0.2, 0.25) is 5.91 Å². The third kappa shape index (κ3) is 2.96. The fourth-order valence-electron chi connectivity index (χ4n) is 3.03. The van der Waals surface area contributed by atoms with Crippen LogP contribution in [0.25, 0.3) is 0 Å². The van der Waals surface area contributed by atoms with E-state index in [9.17, 15) is 4.79 Å². The SMILES string of the molecule is COCC(NC(=O)C1(c2cnco2)CC1)C1CCCOC1. The number of oxazole rings is 1. The van der Waals surface area contributed by atoms with Crippen molar-refractivity contribution in [2.75, 3.05) is 26.9 Å². The number of carbonyl (C=O) groups is 1. The Hall–Kier alpha value is -1.40. The number of hydrogen-bond donors (Lipinski definition) is 1. The molecule has 3 rings (SSSR count). The van der Waals surface area contributed by atoms with Gasteiger partial charge in [0.1, 0.15) is 11.2 Å². The van der Waals surface area contributed by atoms with Crippen LogP contribution in [0.4, 0.5) is 0 Å². The van der Waals surface area contributed by atoms with E-state index in [0.717, 1.165) is 32.3 Å². The number of nitrogens with one attached hydrogen (secondary N) is 1. The smallest absolute Gasteiger partial charge is 0.234 e. The lowest BCUT2D eigenvalue weighted by Gasteiger charge is -2.31. The second-order valence-corrected chi connectivity index (χ2v) is 5.96. The van der Waals surface area contributed by atoms with Gasteiger partial charge >= 0.3 is 0 Å². The van der Waals surface area contributed by atoms with Gasteiger partial charge in [0.25, 0.3) is 0 Å². The maximum absolute atomic E-state index is 12.7. The van der Waals surface area contributed by atoms with Crippen LogP contribution in [0.2, 0.25) is 0 Å². The Balaban J connectivity index is 1.66. The maximum Gasteiger partial charge on any atom is 0.234 e. The van der Waals surface area contributed by atoms with Gasteiger partial charge in [0, 0.05) is 19.6 Å². The van der Waals surface area contributed by atoms with E-state index in [1.54, 1.807) is 13.3 Å². The van der Waals surface area contributed by atoms with Gasteiger partial charge in [0.15, 0.2) is 6.39 Å². The van der Waals surface area contributed by atoms with E-state index in [2.05, 4.69) is 10.3 Å². The molecule has 2 unspecified atom stereocenters. The van der Waals surface area contributed by atoms with Gasteiger partial charge in [-0.15, -0.1) is 0 Å². The zero-order valence-corrected chi connectivity index (χ0v) is 12.3. The van der Waals surface area contributed by atoms with Crippen molar-refractivity contribution in [1.82, 2.24) is 10.3 Å². The predicted molar refractivity (Wildman–Crippen MR) is 74.8 cm³/mol. The quantitative estimate of drug-likeness (QED) is 0.855. The molecule has 1 aromatic heterocycles. The first kappa shape index (κ1) is 14.5. The number of aromatic nitrogens is 1. The average Bonchev–Trinajstić information content (AvgIpc) is 3.15. The van der Waals surface area contributed by atoms with Crippen molar-refractivity contribution in [3.8, 4) is 0 Å². The first-order valence-corrected chi connectivity index (χ1v) is 7.53. The minimum atomic E-state index is -0.516. The van der Waals surface area contributed by atoms with Gasteiger partial charge < -0.3 is 19.2 Å². The molecule has 1 aliphatic heterocycles. The van der Waals surface area contributed by atoms with Gasteiger partial charge in [0.05, 0.1) is 25.5 Å². The molecule has 2 fully saturated rings. The molecule has 1 aliphatic carbocycles. The second kappa shape index (κ2) is 6.15. The molecule has 0 radical (unpaired) electrons. The van der Waals surface area contributed by atoms with E-state index in [1.807, 2.05) is 0 Å². The third-order valence-corrected chi connectivity index (χ3v) is 4.52. The van der Waals surface area contributed by atoms with Crippen LogP contribution in [0.15, 0.2) is 17.0 Å². The molecule has 1 N–H and O–H groups in total. The van der Waals surface area contributed by atoms with E-state index >= 15 is 0 Å². The summed E-state index contributed by atoms with van der Waals surface area (Å²) in [5.41, 5.74) is -0.516. The first-order valence-electron chi connectivity index (χ1n) is 7.53. The first-order chi connectivity index (χ1) is 10.3. The molecule has 116 valence electrons. The molecule has 21 heavy (non-hydrogen) atoms. The van der Waals surface area contributed by atoms with Gasteiger partial charge in [-0.25, -0.2) is 4.98 Å². The molecule has 6 nitrogen and oxygen atoms in total. The van der Waals surface area contributed by atoms with Gasteiger partial charge in [-0.1, -0.05) is 0 Å². The van der Waals surface area contributed by atoms with Gasteiger partial charge in [-0.05, 0) is 25.7 Å². The molecule has 1 saturated heterocycles. The third-order valence-electron chi connectivity index (χ3n) is 4.52. The summed E-state index contributed by atoms with van der Waals surface area (Å²) in [6, 6.07) is -0.0109. The standard InChI is InChI=1S/C15H22N2O4/c1-19-9-12(11-3-2-6-20-8-11)17-14(18)15(4-5-15)13-7-16-10-21-13/h7,10-12H,2-6,8-9H2,1H3,(H,17,18). The number of ether oxygens (including phenoxy) is 2. The lowest BCUT2D eigenvalue weighted by atomic mass is 9.93. The highest BCUT2D eigenvalue weighted by molar-refractivity contribution is 5.90. The van der Waals surface area contributed by atoms with Crippen molar-refractivity contribution in [3.63, 3.8) is 0 Å². The Bertz CT molecular complexity index is 464. The summed E-state index contributed by atoms with van der Waals surface area (Å²) in [5.74, 6) is 0.996. The lowest BCUT2D eigenvalue weighted by molar-refractivity contribution is -0.126. The van der Waals surface area contributed by atoms with Crippen LogP contribution in [-0.4, -0.2) is 43.9 Å². The van der Waals surface area contributed by atoms with Crippen molar-refractivity contribution >= 4 is 5.91 Å². The topological polar surface area (TPSA) is 73.6 Å². The number of carbonyl (C=O) groups excluding carboxylic acids is 1. The molecule has 0 aromatic carbocycles. The van der Waals surface area contributed by atoms with E-state index in [0.29, 0.717) is 24.9 Å². The van der Waals surface area contributed by atoms with E-state index < -0.39 is 5.41 Å². The summed E-state index contributed by atoms with van der Waals surface area (Å²) in [5, 5.41) is 3.15. The summed E-state index contributed by atoms with van der Waals surface area (Å²) in [4.78, 5) is 16.6. The molecule has 6 heteroatoms. The fraction of sp³-hybridized carbons (Fsp3) is 0.733. The van der Waals surface area contributed by atoms with Crippen LogP contribution in [0.1, 0.15) is 31.4 Å². The van der Waals surface area contributed by atoms with Crippen molar-refractivity contribution < 1.29 is 18.7 Å². The summed E-state index contributed by atoms with van der Waals surface area (Å²) in [6.45, 7) is 2.00. The van der Waals surface area contributed by atoms with Crippen LogP contribution in [0, 0.1) is 5.92 Å². The highest BCUT2D eigenvalue weighted by Crippen LogP contribution is 2.48. The number of amides is 1. The number of rotatable bonds is 6. The molecular formula is C15H22N2O4.